The summed E-state index contributed by atoms with van der Waals surface area (Å²) in [6.45, 7) is 5.27. The topological polar surface area (TPSA) is 69.2 Å². The van der Waals surface area contributed by atoms with E-state index in [0.717, 1.165) is 14.7 Å². The number of carbonyl (C=O) groups is 1. The summed E-state index contributed by atoms with van der Waals surface area (Å²) in [5, 5.41) is 4.76. The molecule has 172 valence electrons. The molecule has 1 N–H and O–H groups in total. The Morgan fingerprint density at radius 2 is 1.70 bits per heavy atom. The lowest BCUT2D eigenvalue weighted by Gasteiger charge is -2.15. The number of rotatable bonds is 10. The number of amides is 1. The molecule has 0 radical (unpaired) electrons. The van der Waals surface area contributed by atoms with Gasteiger partial charge in [0.1, 0.15) is 12.4 Å². The maximum absolute atomic E-state index is 12.3. The standard InChI is InChI=1S/C25H24ClIN2O4/c1-3-31-21-11-7-19(8-12-21)25(30)29-28-15-18-13-22(27)24(23(14-18)32-4-2)33-16-17-5-9-20(26)10-6-17/h5-15H,3-4,16H2,1-2H3,(H,29,30)/b28-15-. The Bertz CT molecular complexity index is 1100. The van der Waals surface area contributed by atoms with E-state index in [0.29, 0.717) is 47.7 Å². The zero-order valence-electron chi connectivity index (χ0n) is 18.3. The van der Waals surface area contributed by atoms with Crippen LogP contribution in [0.2, 0.25) is 5.02 Å². The monoisotopic (exact) mass is 578 g/mol. The highest BCUT2D eigenvalue weighted by Crippen LogP contribution is 2.34. The van der Waals surface area contributed by atoms with E-state index in [1.165, 1.54) is 0 Å². The van der Waals surface area contributed by atoms with E-state index in [-0.39, 0.29) is 5.91 Å². The molecule has 8 heteroatoms. The summed E-state index contributed by atoms with van der Waals surface area (Å²) in [5.41, 5.74) is 4.80. The first-order valence-electron chi connectivity index (χ1n) is 10.4. The summed E-state index contributed by atoms with van der Waals surface area (Å²) < 4.78 is 18.1. The van der Waals surface area contributed by atoms with Crippen molar-refractivity contribution in [1.82, 2.24) is 5.43 Å². The lowest BCUT2D eigenvalue weighted by Crippen LogP contribution is -2.17. The highest BCUT2D eigenvalue weighted by atomic mass is 127. The quantitative estimate of drug-likeness (QED) is 0.180. The summed E-state index contributed by atoms with van der Waals surface area (Å²) >= 11 is 8.14. The molecule has 0 saturated heterocycles. The SMILES string of the molecule is CCOc1ccc(C(=O)N/N=C\c2cc(I)c(OCc3ccc(Cl)cc3)c(OCC)c2)cc1. The van der Waals surface area contributed by atoms with Gasteiger partial charge in [0.25, 0.3) is 5.91 Å². The molecular formula is C25H24ClIN2O4. The molecule has 3 aromatic rings. The van der Waals surface area contributed by atoms with E-state index in [4.69, 9.17) is 25.8 Å². The number of ether oxygens (including phenoxy) is 3. The van der Waals surface area contributed by atoms with Crippen LogP contribution in [-0.4, -0.2) is 25.3 Å². The molecule has 0 aliphatic rings. The number of halogens is 2. The Hall–Kier alpha value is -2.78. The van der Waals surface area contributed by atoms with Crippen molar-refractivity contribution in [2.75, 3.05) is 13.2 Å². The largest absolute Gasteiger partial charge is 0.494 e. The van der Waals surface area contributed by atoms with Crippen molar-refractivity contribution in [3.8, 4) is 17.2 Å². The Morgan fingerprint density at radius 1 is 1.00 bits per heavy atom. The molecule has 1 amide bonds. The fourth-order valence-electron chi connectivity index (χ4n) is 2.90. The van der Waals surface area contributed by atoms with E-state index >= 15 is 0 Å². The van der Waals surface area contributed by atoms with Crippen LogP contribution in [0.4, 0.5) is 0 Å². The maximum atomic E-state index is 12.3. The number of hydrazone groups is 1. The minimum absolute atomic E-state index is 0.308. The average Bonchev–Trinajstić information content (AvgIpc) is 2.80. The van der Waals surface area contributed by atoms with Crippen LogP contribution in [0, 0.1) is 3.57 Å². The summed E-state index contributed by atoms with van der Waals surface area (Å²) in [5.74, 6) is 1.67. The van der Waals surface area contributed by atoms with Crippen LogP contribution in [-0.2, 0) is 6.61 Å². The molecule has 33 heavy (non-hydrogen) atoms. The fraction of sp³-hybridized carbons (Fsp3) is 0.200. The number of nitrogens with zero attached hydrogens (tertiary/aromatic N) is 1. The Labute approximate surface area is 212 Å². The number of benzene rings is 3. The molecule has 3 aromatic carbocycles. The minimum Gasteiger partial charge on any atom is -0.494 e. The summed E-state index contributed by atoms with van der Waals surface area (Å²) in [6, 6.07) is 18.1. The van der Waals surface area contributed by atoms with Gasteiger partial charge < -0.3 is 14.2 Å². The number of carbonyl (C=O) groups excluding carboxylic acids is 1. The third-order valence-electron chi connectivity index (χ3n) is 4.44. The fourth-order valence-corrected chi connectivity index (χ4v) is 3.81. The molecule has 6 nitrogen and oxygen atoms in total. The van der Waals surface area contributed by atoms with Crippen LogP contribution in [0.25, 0.3) is 0 Å². The van der Waals surface area contributed by atoms with Crippen LogP contribution < -0.4 is 19.6 Å². The zero-order chi connectivity index (χ0) is 23.6. The summed E-state index contributed by atoms with van der Waals surface area (Å²) in [6.07, 6.45) is 1.57. The highest BCUT2D eigenvalue weighted by Gasteiger charge is 2.12. The second kappa shape index (κ2) is 12.5. The van der Waals surface area contributed by atoms with Crippen LogP contribution in [0.15, 0.2) is 65.8 Å². The predicted molar refractivity (Wildman–Crippen MR) is 139 cm³/mol. The molecule has 0 aromatic heterocycles. The molecule has 0 aliphatic carbocycles. The second-order valence-corrected chi connectivity index (χ2v) is 8.43. The molecule has 0 aliphatic heterocycles. The smallest absolute Gasteiger partial charge is 0.271 e. The lowest BCUT2D eigenvalue weighted by molar-refractivity contribution is 0.0955. The second-order valence-electron chi connectivity index (χ2n) is 6.83. The van der Waals surface area contributed by atoms with Crippen molar-refractivity contribution in [3.05, 3.63) is 85.9 Å². The van der Waals surface area contributed by atoms with Gasteiger partial charge in [0, 0.05) is 10.6 Å². The Balaban J connectivity index is 1.67. The Morgan fingerprint density at radius 3 is 2.36 bits per heavy atom. The van der Waals surface area contributed by atoms with Gasteiger partial charge in [-0.2, -0.15) is 5.10 Å². The maximum Gasteiger partial charge on any atom is 0.271 e. The van der Waals surface area contributed by atoms with Gasteiger partial charge >= 0.3 is 0 Å². The highest BCUT2D eigenvalue weighted by molar-refractivity contribution is 14.1. The first kappa shape index (κ1) is 24.9. The van der Waals surface area contributed by atoms with E-state index in [1.807, 2.05) is 50.2 Å². The van der Waals surface area contributed by atoms with Crippen molar-refractivity contribution in [3.63, 3.8) is 0 Å². The van der Waals surface area contributed by atoms with Gasteiger partial charge in [-0.3, -0.25) is 4.79 Å². The lowest BCUT2D eigenvalue weighted by atomic mass is 10.2. The molecule has 0 fully saturated rings. The number of hydrogen-bond donors (Lipinski definition) is 1. The summed E-state index contributed by atoms with van der Waals surface area (Å²) in [7, 11) is 0. The predicted octanol–water partition coefficient (Wildman–Crippen LogP) is 6.08. The number of nitrogens with one attached hydrogen (secondary N) is 1. The molecule has 0 unspecified atom stereocenters. The Kier molecular flexibility index (Phi) is 9.38. The van der Waals surface area contributed by atoms with E-state index in [2.05, 4.69) is 33.1 Å². The molecular weight excluding hydrogens is 555 g/mol. The van der Waals surface area contributed by atoms with Crippen molar-refractivity contribution in [2.24, 2.45) is 5.10 Å². The zero-order valence-corrected chi connectivity index (χ0v) is 21.2. The first-order chi connectivity index (χ1) is 16.0. The third kappa shape index (κ3) is 7.36. The van der Waals surface area contributed by atoms with E-state index in [9.17, 15) is 4.79 Å². The summed E-state index contributed by atoms with van der Waals surface area (Å²) in [4.78, 5) is 12.3. The molecule has 0 atom stereocenters. The number of hydrogen-bond acceptors (Lipinski definition) is 5. The van der Waals surface area contributed by atoms with Crippen molar-refractivity contribution < 1.29 is 19.0 Å². The van der Waals surface area contributed by atoms with E-state index < -0.39 is 0 Å². The van der Waals surface area contributed by atoms with Crippen molar-refractivity contribution in [1.29, 1.82) is 0 Å². The van der Waals surface area contributed by atoms with Crippen LogP contribution in [0.1, 0.15) is 35.3 Å². The van der Waals surface area contributed by atoms with Gasteiger partial charge in [-0.15, -0.1) is 0 Å². The molecule has 0 bridgehead atoms. The molecule has 3 rings (SSSR count). The van der Waals surface area contributed by atoms with Crippen LogP contribution in [0.3, 0.4) is 0 Å². The van der Waals surface area contributed by atoms with E-state index in [1.54, 1.807) is 30.5 Å². The third-order valence-corrected chi connectivity index (χ3v) is 5.49. The molecule has 0 spiro atoms. The normalized spacial score (nSPS) is 10.8. The van der Waals surface area contributed by atoms with Crippen molar-refractivity contribution in [2.45, 2.75) is 20.5 Å². The van der Waals surface area contributed by atoms with Crippen LogP contribution >= 0.6 is 34.2 Å². The van der Waals surface area contributed by atoms with Gasteiger partial charge in [0.15, 0.2) is 11.5 Å². The van der Waals surface area contributed by atoms with Crippen LogP contribution in [0.5, 0.6) is 17.2 Å². The minimum atomic E-state index is -0.308. The van der Waals surface area contributed by atoms with Crippen molar-refractivity contribution >= 4 is 46.3 Å². The van der Waals surface area contributed by atoms with Gasteiger partial charge in [0.05, 0.1) is 23.0 Å². The van der Waals surface area contributed by atoms with Gasteiger partial charge in [-0.25, -0.2) is 5.43 Å². The van der Waals surface area contributed by atoms with Gasteiger partial charge in [-0.05, 0) is 96.1 Å². The van der Waals surface area contributed by atoms with Gasteiger partial charge in [0.2, 0.25) is 0 Å². The molecule has 0 heterocycles. The first-order valence-corrected chi connectivity index (χ1v) is 11.9. The van der Waals surface area contributed by atoms with Gasteiger partial charge in [-0.1, -0.05) is 23.7 Å². The molecule has 0 saturated carbocycles. The average molecular weight is 579 g/mol.